The highest BCUT2D eigenvalue weighted by Crippen LogP contribution is 2.68. The first-order valence-electron chi connectivity index (χ1n) is 10.2. The van der Waals surface area contributed by atoms with Crippen LogP contribution in [-0.4, -0.2) is 40.0 Å². The lowest BCUT2D eigenvalue weighted by molar-refractivity contribution is -0.238. The molecule has 0 radical (unpaired) electrons. The molecule has 8 heteroatoms. The Morgan fingerprint density at radius 1 is 0.625 bits per heavy atom. The maximum Gasteiger partial charge on any atom is 0.256 e. The molecule has 3 aliphatic carbocycles. The summed E-state index contributed by atoms with van der Waals surface area (Å²) in [5, 5.41) is 0. The fourth-order valence-corrected chi connectivity index (χ4v) is 6.86. The summed E-state index contributed by atoms with van der Waals surface area (Å²) in [6.45, 7) is 0. The zero-order valence-electron chi connectivity index (χ0n) is 18.0. The van der Waals surface area contributed by atoms with Gasteiger partial charge in [0, 0.05) is 72.2 Å². The van der Waals surface area contributed by atoms with Gasteiger partial charge < -0.3 is 18.9 Å². The molecule has 0 unspecified atom stereocenters. The second-order valence-corrected chi connectivity index (χ2v) is 10.2. The minimum Gasteiger partial charge on any atom is -0.343 e. The van der Waals surface area contributed by atoms with Gasteiger partial charge in [0.1, 0.15) is 0 Å². The van der Waals surface area contributed by atoms with E-state index in [0.29, 0.717) is 11.1 Å². The molecule has 0 aliphatic heterocycles. The Bertz CT molecular complexity index is 1040. The molecule has 3 aliphatic rings. The van der Waals surface area contributed by atoms with Gasteiger partial charge in [-0.05, 0) is 35.4 Å². The van der Waals surface area contributed by atoms with Crippen LogP contribution >= 0.6 is 31.9 Å². The monoisotopic (exact) mass is 564 g/mol. The van der Waals surface area contributed by atoms with E-state index in [4.69, 9.17) is 18.9 Å². The second-order valence-electron chi connectivity index (χ2n) is 8.34. The zero-order chi connectivity index (χ0) is 23.0. The molecule has 0 atom stereocenters. The average Bonchev–Trinajstić information content (AvgIpc) is 2.76. The Morgan fingerprint density at radius 3 is 1.28 bits per heavy atom. The molecule has 0 aromatic heterocycles. The van der Waals surface area contributed by atoms with Gasteiger partial charge in [-0.2, -0.15) is 0 Å². The fraction of sp³-hybridized carbons (Fsp3) is 0.417. The molecule has 0 N–H and O–H groups in total. The number of Topliss-reactive ketones (excluding diaryl/α,β-unsaturated/α-hetero) is 2. The third-order valence-electron chi connectivity index (χ3n) is 7.41. The molecule has 1 saturated carbocycles. The van der Waals surface area contributed by atoms with E-state index in [1.807, 2.05) is 36.4 Å². The maximum absolute atomic E-state index is 13.9. The lowest BCUT2D eigenvalue weighted by Crippen LogP contribution is -2.65. The summed E-state index contributed by atoms with van der Waals surface area (Å²) in [4.78, 5) is 27.9. The number of hydrogen-bond donors (Lipinski definition) is 0. The first kappa shape index (κ1) is 22.4. The van der Waals surface area contributed by atoms with Crippen LogP contribution in [0.15, 0.2) is 45.3 Å². The van der Waals surface area contributed by atoms with Crippen molar-refractivity contribution in [3.63, 3.8) is 0 Å². The van der Waals surface area contributed by atoms with Gasteiger partial charge in [0.05, 0.1) is 0 Å². The van der Waals surface area contributed by atoms with E-state index in [1.165, 1.54) is 28.4 Å². The average molecular weight is 566 g/mol. The van der Waals surface area contributed by atoms with Crippen molar-refractivity contribution < 1.29 is 28.5 Å². The summed E-state index contributed by atoms with van der Waals surface area (Å²) in [7, 11) is 5.89. The molecule has 2 aromatic carbocycles. The van der Waals surface area contributed by atoms with Crippen LogP contribution in [-0.2, 0) is 40.1 Å². The molecule has 0 amide bonds. The molecular weight excluding hydrogens is 544 g/mol. The van der Waals surface area contributed by atoms with Crippen molar-refractivity contribution in [1.29, 1.82) is 0 Å². The minimum atomic E-state index is -1.52. The summed E-state index contributed by atoms with van der Waals surface area (Å²) in [5.41, 5.74) is 2.98. The molecule has 5 rings (SSSR count). The first-order valence-corrected chi connectivity index (χ1v) is 11.8. The topological polar surface area (TPSA) is 71.1 Å². The predicted octanol–water partition coefficient (Wildman–Crippen LogP) is 4.38. The highest BCUT2D eigenvalue weighted by atomic mass is 79.9. The van der Waals surface area contributed by atoms with Gasteiger partial charge in [-0.3, -0.25) is 9.59 Å². The molecule has 2 aromatic rings. The summed E-state index contributed by atoms with van der Waals surface area (Å²) in [6, 6.07) is 11.2. The third kappa shape index (κ3) is 2.54. The van der Waals surface area contributed by atoms with E-state index in [0.717, 1.165) is 20.1 Å². The normalized spacial score (nSPS) is 28.8. The minimum absolute atomic E-state index is 0.176. The smallest absolute Gasteiger partial charge is 0.256 e. The van der Waals surface area contributed by atoms with Gasteiger partial charge in [0.2, 0.25) is 11.6 Å². The number of carbonyl (C=O) groups excluding carboxylic acids is 2. The van der Waals surface area contributed by atoms with E-state index in [1.54, 1.807) is 0 Å². The molecule has 0 heterocycles. The van der Waals surface area contributed by atoms with Crippen LogP contribution in [0.1, 0.15) is 34.1 Å². The molecule has 0 spiro atoms. The van der Waals surface area contributed by atoms with E-state index >= 15 is 0 Å². The number of benzene rings is 2. The van der Waals surface area contributed by atoms with Crippen LogP contribution in [0.3, 0.4) is 0 Å². The van der Waals surface area contributed by atoms with Gasteiger partial charge in [0.25, 0.3) is 11.6 Å². The van der Waals surface area contributed by atoms with Gasteiger partial charge >= 0.3 is 0 Å². The largest absolute Gasteiger partial charge is 0.343 e. The Hall–Kier alpha value is -1.42. The highest BCUT2D eigenvalue weighted by Gasteiger charge is 2.71. The summed E-state index contributed by atoms with van der Waals surface area (Å²) in [6.07, 6.45) is 0. The van der Waals surface area contributed by atoms with E-state index in [2.05, 4.69) is 31.9 Å². The lowest BCUT2D eigenvalue weighted by Gasteiger charge is -2.60. The maximum atomic E-state index is 13.9. The van der Waals surface area contributed by atoms with Crippen LogP contribution in [0.2, 0.25) is 0 Å². The van der Waals surface area contributed by atoms with Crippen molar-refractivity contribution in [3.05, 3.63) is 67.6 Å². The second kappa shape index (κ2) is 7.55. The Labute approximate surface area is 202 Å². The van der Waals surface area contributed by atoms with Crippen LogP contribution in [0, 0.1) is 11.8 Å². The standard InChI is InChI=1S/C24H22Br2O6/c1-29-23(30-2)15-7-5-11(25)9-13(15)17-19(21(23)27)18-14-10-12(26)6-8-16(14)24(31-3,32-4)22(28)20(17)18/h5-10,17-20H,1-4H3. The van der Waals surface area contributed by atoms with Crippen molar-refractivity contribution in [2.45, 2.75) is 23.4 Å². The number of methoxy groups -OCH3 is 4. The summed E-state index contributed by atoms with van der Waals surface area (Å²) >= 11 is 7.08. The molecule has 6 nitrogen and oxygen atoms in total. The molecule has 0 bridgehead atoms. The van der Waals surface area contributed by atoms with Crippen molar-refractivity contribution in [1.82, 2.24) is 0 Å². The number of fused-ring (bicyclic) bond motifs is 8. The van der Waals surface area contributed by atoms with Gasteiger partial charge in [-0.1, -0.05) is 44.0 Å². The highest BCUT2D eigenvalue weighted by molar-refractivity contribution is 9.10. The van der Waals surface area contributed by atoms with Crippen LogP contribution in [0.4, 0.5) is 0 Å². The molecule has 168 valence electrons. The van der Waals surface area contributed by atoms with E-state index in [-0.39, 0.29) is 23.4 Å². The summed E-state index contributed by atoms with van der Waals surface area (Å²) in [5.74, 6) is -5.02. The zero-order valence-corrected chi connectivity index (χ0v) is 21.2. The number of ether oxygens (including phenoxy) is 4. The van der Waals surface area contributed by atoms with E-state index < -0.39 is 23.4 Å². The Morgan fingerprint density at radius 2 is 0.969 bits per heavy atom. The van der Waals surface area contributed by atoms with Gasteiger partial charge in [-0.15, -0.1) is 0 Å². The molecular formula is C24H22Br2O6. The Kier molecular flexibility index (Phi) is 5.28. The number of halogens is 2. The van der Waals surface area contributed by atoms with Crippen molar-refractivity contribution in [2.75, 3.05) is 28.4 Å². The van der Waals surface area contributed by atoms with Crippen LogP contribution in [0.5, 0.6) is 0 Å². The van der Waals surface area contributed by atoms with E-state index in [9.17, 15) is 9.59 Å². The van der Waals surface area contributed by atoms with Crippen LogP contribution in [0.25, 0.3) is 0 Å². The van der Waals surface area contributed by atoms with Crippen LogP contribution < -0.4 is 0 Å². The fourth-order valence-electron chi connectivity index (χ4n) is 6.11. The number of hydrogen-bond acceptors (Lipinski definition) is 6. The van der Waals surface area contributed by atoms with Crippen molar-refractivity contribution in [3.8, 4) is 0 Å². The Balaban J connectivity index is 1.79. The third-order valence-corrected chi connectivity index (χ3v) is 8.39. The van der Waals surface area contributed by atoms with Gasteiger partial charge in [-0.25, -0.2) is 0 Å². The molecule has 0 saturated heterocycles. The predicted molar refractivity (Wildman–Crippen MR) is 122 cm³/mol. The first-order chi connectivity index (χ1) is 15.3. The number of rotatable bonds is 4. The van der Waals surface area contributed by atoms with Crippen molar-refractivity contribution >= 4 is 43.4 Å². The number of carbonyl (C=O) groups is 2. The quantitative estimate of drug-likeness (QED) is 0.512. The summed E-state index contributed by atoms with van der Waals surface area (Å²) < 4.78 is 24.6. The SMILES string of the molecule is COC1(OC)C(=O)C2C(c3cc(Br)ccc31)C1C(=O)C(OC)(OC)c3ccc(Br)cc3C21. The molecule has 32 heavy (non-hydrogen) atoms. The van der Waals surface area contributed by atoms with Crippen molar-refractivity contribution in [2.24, 2.45) is 11.8 Å². The van der Waals surface area contributed by atoms with Gasteiger partial charge in [0.15, 0.2) is 0 Å². The lowest BCUT2D eigenvalue weighted by atomic mass is 9.44. The number of ketones is 2. The molecule has 1 fully saturated rings.